The zero-order chi connectivity index (χ0) is 17.9. The van der Waals surface area contributed by atoms with Gasteiger partial charge in [-0.3, -0.25) is 9.69 Å². The van der Waals surface area contributed by atoms with Crippen LogP contribution in [0.5, 0.6) is 0 Å². The zero-order valence-electron chi connectivity index (χ0n) is 14.6. The predicted octanol–water partition coefficient (Wildman–Crippen LogP) is 1.25. The van der Waals surface area contributed by atoms with Crippen molar-refractivity contribution in [2.24, 2.45) is 0 Å². The quantitative estimate of drug-likeness (QED) is 0.843. The molecule has 3 amide bonds. The Hall–Kier alpha value is -2.61. The van der Waals surface area contributed by atoms with Crippen LogP contribution in [-0.4, -0.2) is 53.8 Å². The molecule has 2 aromatic rings. The molecule has 26 heavy (non-hydrogen) atoms. The normalized spacial score (nSPS) is 18.9. The second-order valence-corrected chi connectivity index (χ2v) is 6.62. The van der Waals surface area contributed by atoms with Crippen molar-refractivity contribution in [1.29, 1.82) is 0 Å². The van der Waals surface area contributed by atoms with Gasteiger partial charge in [-0.2, -0.15) is 0 Å². The Morgan fingerprint density at radius 1 is 1.23 bits per heavy atom. The van der Waals surface area contributed by atoms with Gasteiger partial charge >= 0.3 is 6.03 Å². The van der Waals surface area contributed by atoms with Gasteiger partial charge in [0.15, 0.2) is 0 Å². The average Bonchev–Trinajstić information content (AvgIpc) is 3.36. The van der Waals surface area contributed by atoms with Crippen LogP contribution in [-0.2, 0) is 16.1 Å². The SMILES string of the molecule is O=C(CCNC(=O)N1CCn2c1nc1ccccc12)NC[C@H]1CCCO1. The molecule has 1 saturated heterocycles. The second kappa shape index (κ2) is 7.33. The van der Waals surface area contributed by atoms with Crippen LogP contribution in [0, 0.1) is 0 Å². The first kappa shape index (κ1) is 16.8. The Balaban J connectivity index is 1.26. The molecule has 8 nitrogen and oxygen atoms in total. The number of benzene rings is 1. The summed E-state index contributed by atoms with van der Waals surface area (Å²) < 4.78 is 7.52. The van der Waals surface area contributed by atoms with Gasteiger partial charge in [0.2, 0.25) is 11.9 Å². The molecule has 0 unspecified atom stereocenters. The highest BCUT2D eigenvalue weighted by Crippen LogP contribution is 2.26. The third kappa shape index (κ3) is 3.37. The lowest BCUT2D eigenvalue weighted by Crippen LogP contribution is -2.41. The van der Waals surface area contributed by atoms with E-state index < -0.39 is 0 Å². The van der Waals surface area contributed by atoms with Gasteiger partial charge in [0.1, 0.15) is 0 Å². The van der Waals surface area contributed by atoms with E-state index in [-0.39, 0.29) is 24.5 Å². The van der Waals surface area contributed by atoms with Crippen molar-refractivity contribution in [3.05, 3.63) is 24.3 Å². The van der Waals surface area contributed by atoms with Crippen LogP contribution >= 0.6 is 0 Å². The van der Waals surface area contributed by atoms with E-state index in [4.69, 9.17) is 4.74 Å². The number of amides is 3. The maximum Gasteiger partial charge on any atom is 0.324 e. The summed E-state index contributed by atoms with van der Waals surface area (Å²) in [5.74, 6) is 0.584. The molecule has 0 radical (unpaired) electrons. The van der Waals surface area contributed by atoms with Gasteiger partial charge in [0, 0.05) is 39.2 Å². The number of urea groups is 1. The lowest BCUT2D eigenvalue weighted by Gasteiger charge is -2.15. The number of nitrogens with one attached hydrogen (secondary N) is 2. The highest BCUT2D eigenvalue weighted by Gasteiger charge is 2.28. The molecule has 2 aliphatic heterocycles. The fourth-order valence-corrected chi connectivity index (χ4v) is 3.48. The van der Waals surface area contributed by atoms with Crippen LogP contribution in [0.1, 0.15) is 19.3 Å². The molecule has 1 atom stereocenters. The summed E-state index contributed by atoms with van der Waals surface area (Å²) in [6, 6.07) is 7.63. The number of carbonyl (C=O) groups excluding carboxylic acids is 2. The first-order chi connectivity index (χ1) is 12.7. The van der Waals surface area contributed by atoms with E-state index in [0.29, 0.717) is 25.6 Å². The van der Waals surface area contributed by atoms with Crippen molar-refractivity contribution in [3.8, 4) is 0 Å². The highest BCUT2D eigenvalue weighted by molar-refractivity contribution is 5.94. The second-order valence-electron chi connectivity index (χ2n) is 6.62. The number of rotatable bonds is 5. The Morgan fingerprint density at radius 2 is 2.12 bits per heavy atom. The summed E-state index contributed by atoms with van der Waals surface area (Å²) in [5, 5.41) is 5.67. The minimum Gasteiger partial charge on any atom is -0.376 e. The number of hydrogen-bond donors (Lipinski definition) is 2. The molecule has 1 fully saturated rings. The molecule has 3 heterocycles. The number of hydrogen-bond acceptors (Lipinski definition) is 4. The maximum absolute atomic E-state index is 12.4. The van der Waals surface area contributed by atoms with E-state index in [1.54, 1.807) is 4.90 Å². The van der Waals surface area contributed by atoms with Crippen molar-refractivity contribution in [2.75, 3.05) is 31.1 Å². The molecule has 4 rings (SSSR count). The van der Waals surface area contributed by atoms with Gasteiger partial charge in [0.25, 0.3) is 0 Å². The molecular weight excluding hydrogens is 334 g/mol. The third-order valence-electron chi connectivity index (χ3n) is 4.85. The van der Waals surface area contributed by atoms with E-state index in [1.165, 1.54) is 0 Å². The summed E-state index contributed by atoms with van der Waals surface area (Å²) >= 11 is 0. The van der Waals surface area contributed by atoms with Gasteiger partial charge in [-0.1, -0.05) is 12.1 Å². The first-order valence-corrected chi connectivity index (χ1v) is 9.11. The minimum atomic E-state index is -0.217. The maximum atomic E-state index is 12.4. The highest BCUT2D eigenvalue weighted by atomic mass is 16.5. The van der Waals surface area contributed by atoms with Gasteiger partial charge in [0.05, 0.1) is 17.1 Å². The van der Waals surface area contributed by atoms with E-state index in [1.807, 2.05) is 28.8 Å². The Labute approximate surface area is 151 Å². The summed E-state index contributed by atoms with van der Waals surface area (Å²) in [5.41, 5.74) is 1.92. The first-order valence-electron chi connectivity index (χ1n) is 9.11. The van der Waals surface area contributed by atoms with Gasteiger partial charge in [-0.15, -0.1) is 0 Å². The van der Waals surface area contributed by atoms with Crippen molar-refractivity contribution < 1.29 is 14.3 Å². The number of ether oxygens (including phenoxy) is 1. The standard InChI is InChI=1S/C18H23N5O3/c24-16(20-12-13-4-3-11-26-13)7-8-19-18(25)23-10-9-22-15-6-2-1-5-14(15)21-17(22)23/h1-2,5-6,13H,3-4,7-12H2,(H,19,25)(H,20,24)/t13-/m1/s1. The van der Waals surface area contributed by atoms with Crippen molar-refractivity contribution >= 4 is 28.9 Å². The summed E-state index contributed by atoms with van der Waals surface area (Å²) in [6.07, 6.45) is 2.43. The fourth-order valence-electron chi connectivity index (χ4n) is 3.48. The van der Waals surface area contributed by atoms with E-state index >= 15 is 0 Å². The number of nitrogens with zero attached hydrogens (tertiary/aromatic N) is 3. The Kier molecular flexibility index (Phi) is 4.75. The van der Waals surface area contributed by atoms with Crippen LogP contribution in [0.25, 0.3) is 11.0 Å². The lowest BCUT2D eigenvalue weighted by molar-refractivity contribution is -0.121. The summed E-state index contributed by atoms with van der Waals surface area (Å²) in [7, 11) is 0. The molecular formula is C18H23N5O3. The molecule has 138 valence electrons. The average molecular weight is 357 g/mol. The van der Waals surface area contributed by atoms with E-state index in [2.05, 4.69) is 15.6 Å². The van der Waals surface area contributed by atoms with Crippen LogP contribution in [0.3, 0.4) is 0 Å². The smallest absolute Gasteiger partial charge is 0.324 e. The number of carbonyl (C=O) groups is 2. The Bertz CT molecular complexity index is 812. The van der Waals surface area contributed by atoms with Crippen molar-refractivity contribution in [2.45, 2.75) is 31.9 Å². The van der Waals surface area contributed by atoms with Crippen LogP contribution in [0.2, 0.25) is 0 Å². The number of para-hydroxylation sites is 2. The van der Waals surface area contributed by atoms with E-state index in [0.717, 1.165) is 37.0 Å². The van der Waals surface area contributed by atoms with E-state index in [9.17, 15) is 9.59 Å². The Morgan fingerprint density at radius 3 is 2.96 bits per heavy atom. The molecule has 1 aromatic heterocycles. The molecule has 0 bridgehead atoms. The molecule has 2 N–H and O–H groups in total. The molecule has 8 heteroatoms. The third-order valence-corrected chi connectivity index (χ3v) is 4.85. The summed E-state index contributed by atoms with van der Waals surface area (Å²) in [4.78, 5) is 30.5. The largest absolute Gasteiger partial charge is 0.376 e. The van der Waals surface area contributed by atoms with Gasteiger partial charge in [-0.05, 0) is 25.0 Å². The molecule has 2 aliphatic rings. The number of imidazole rings is 1. The lowest BCUT2D eigenvalue weighted by atomic mass is 10.2. The van der Waals surface area contributed by atoms with Crippen LogP contribution in [0.4, 0.5) is 10.7 Å². The zero-order valence-corrected chi connectivity index (χ0v) is 14.6. The minimum absolute atomic E-state index is 0.0746. The van der Waals surface area contributed by atoms with Crippen LogP contribution in [0.15, 0.2) is 24.3 Å². The van der Waals surface area contributed by atoms with Gasteiger partial charge in [-0.25, -0.2) is 9.78 Å². The summed E-state index contributed by atoms with van der Waals surface area (Å²) in [6.45, 7) is 2.93. The van der Waals surface area contributed by atoms with Gasteiger partial charge < -0.3 is 19.9 Å². The topological polar surface area (TPSA) is 88.5 Å². The van der Waals surface area contributed by atoms with Crippen LogP contribution < -0.4 is 15.5 Å². The predicted molar refractivity (Wildman–Crippen MR) is 97.1 cm³/mol. The van der Waals surface area contributed by atoms with Crippen molar-refractivity contribution in [3.63, 3.8) is 0 Å². The number of anilines is 1. The number of aromatic nitrogens is 2. The molecule has 0 aliphatic carbocycles. The van der Waals surface area contributed by atoms with Crippen molar-refractivity contribution in [1.82, 2.24) is 20.2 Å². The molecule has 0 spiro atoms. The number of fused-ring (bicyclic) bond motifs is 3. The molecule has 1 aromatic carbocycles. The molecule has 0 saturated carbocycles. The fraction of sp³-hybridized carbons (Fsp3) is 0.500. The monoisotopic (exact) mass is 357 g/mol.